The average Bonchev–Trinajstić information content (AvgIpc) is 2.86. The van der Waals surface area contributed by atoms with Gasteiger partial charge >= 0.3 is 0 Å². The Morgan fingerprint density at radius 3 is 2.95 bits per heavy atom. The highest BCUT2D eigenvalue weighted by molar-refractivity contribution is 8.00. The second kappa shape index (κ2) is 5.79. The van der Waals surface area contributed by atoms with Gasteiger partial charge < -0.3 is 5.32 Å². The van der Waals surface area contributed by atoms with Crippen molar-refractivity contribution in [2.75, 3.05) is 5.32 Å². The van der Waals surface area contributed by atoms with Crippen LogP contribution in [0.5, 0.6) is 0 Å². The lowest BCUT2D eigenvalue weighted by Gasteiger charge is -2.11. The van der Waals surface area contributed by atoms with E-state index < -0.39 is 22.8 Å². The fourth-order valence-corrected chi connectivity index (χ4v) is 2.01. The number of nitrogens with zero attached hydrogens (tertiary/aromatic N) is 2. The van der Waals surface area contributed by atoms with E-state index in [4.69, 9.17) is 0 Å². The SMILES string of the molecule is CC(Sc1ncn[nH]1)C(=O)Nc1cc(F)ccc1F. The second-order valence-corrected chi connectivity index (χ2v) is 4.99. The van der Waals surface area contributed by atoms with Gasteiger partial charge in [-0.1, -0.05) is 11.8 Å². The molecule has 1 atom stereocenters. The van der Waals surface area contributed by atoms with Crippen molar-refractivity contribution in [3.63, 3.8) is 0 Å². The first kappa shape index (κ1) is 13.5. The third kappa shape index (κ3) is 3.50. The van der Waals surface area contributed by atoms with Crippen LogP contribution >= 0.6 is 11.8 Å². The number of amides is 1. The van der Waals surface area contributed by atoms with E-state index >= 15 is 0 Å². The molecule has 0 saturated carbocycles. The monoisotopic (exact) mass is 284 g/mol. The minimum Gasteiger partial charge on any atom is -0.323 e. The van der Waals surface area contributed by atoms with Crippen molar-refractivity contribution in [3.05, 3.63) is 36.2 Å². The summed E-state index contributed by atoms with van der Waals surface area (Å²) in [6, 6.07) is 2.87. The maximum absolute atomic E-state index is 13.4. The van der Waals surface area contributed by atoms with Crippen LogP contribution in [-0.2, 0) is 4.79 Å². The highest BCUT2D eigenvalue weighted by Crippen LogP contribution is 2.21. The van der Waals surface area contributed by atoms with E-state index in [1.54, 1.807) is 6.92 Å². The summed E-state index contributed by atoms with van der Waals surface area (Å²) in [5.74, 6) is -1.76. The van der Waals surface area contributed by atoms with Crippen molar-refractivity contribution >= 4 is 23.4 Å². The first-order valence-electron chi connectivity index (χ1n) is 5.34. The molecule has 0 aliphatic carbocycles. The number of thioether (sulfide) groups is 1. The number of benzene rings is 1. The van der Waals surface area contributed by atoms with Gasteiger partial charge in [0.25, 0.3) is 0 Å². The fourth-order valence-electron chi connectivity index (χ4n) is 1.30. The zero-order valence-corrected chi connectivity index (χ0v) is 10.7. The molecule has 1 amide bonds. The van der Waals surface area contributed by atoms with Gasteiger partial charge in [-0.15, -0.1) is 0 Å². The minimum atomic E-state index is -0.688. The summed E-state index contributed by atoms with van der Waals surface area (Å²) in [5, 5.41) is 8.51. The zero-order valence-electron chi connectivity index (χ0n) is 9.85. The van der Waals surface area contributed by atoms with Crippen molar-refractivity contribution in [1.82, 2.24) is 15.2 Å². The van der Waals surface area contributed by atoms with Crippen LogP contribution in [0.25, 0.3) is 0 Å². The smallest absolute Gasteiger partial charge is 0.237 e. The standard InChI is InChI=1S/C11H10F2N4OS/c1-6(19-11-14-5-15-17-11)10(18)16-9-4-7(12)2-3-8(9)13/h2-6H,1H3,(H,16,18)(H,14,15,17). The summed E-state index contributed by atoms with van der Waals surface area (Å²) < 4.78 is 26.3. The lowest BCUT2D eigenvalue weighted by atomic mass is 10.3. The molecule has 0 spiro atoms. The molecule has 2 aromatic rings. The van der Waals surface area contributed by atoms with Gasteiger partial charge in [-0.05, 0) is 19.1 Å². The number of carbonyl (C=O) groups excluding carboxylic acids is 1. The van der Waals surface area contributed by atoms with E-state index in [-0.39, 0.29) is 5.69 Å². The third-order valence-electron chi connectivity index (χ3n) is 2.24. The summed E-state index contributed by atoms with van der Waals surface area (Å²) >= 11 is 1.13. The summed E-state index contributed by atoms with van der Waals surface area (Å²) in [7, 11) is 0. The molecule has 0 aliphatic rings. The van der Waals surface area contributed by atoms with Gasteiger partial charge in [0.15, 0.2) is 5.16 Å². The number of hydrogen-bond donors (Lipinski definition) is 2. The normalized spacial score (nSPS) is 12.2. The number of aromatic nitrogens is 3. The second-order valence-electron chi connectivity index (χ2n) is 3.66. The quantitative estimate of drug-likeness (QED) is 0.844. The number of H-pyrrole nitrogens is 1. The van der Waals surface area contributed by atoms with Crippen LogP contribution in [0.4, 0.5) is 14.5 Å². The van der Waals surface area contributed by atoms with Gasteiger partial charge in [0.05, 0.1) is 10.9 Å². The van der Waals surface area contributed by atoms with Gasteiger partial charge in [-0.3, -0.25) is 9.89 Å². The minimum absolute atomic E-state index is 0.185. The predicted molar refractivity (Wildman–Crippen MR) is 66.7 cm³/mol. The lowest BCUT2D eigenvalue weighted by molar-refractivity contribution is -0.115. The molecule has 0 radical (unpaired) electrons. The highest BCUT2D eigenvalue weighted by atomic mass is 32.2. The average molecular weight is 284 g/mol. The molecule has 5 nitrogen and oxygen atoms in total. The molecule has 0 bridgehead atoms. The maximum atomic E-state index is 13.4. The molecule has 19 heavy (non-hydrogen) atoms. The van der Waals surface area contributed by atoms with E-state index in [1.807, 2.05) is 0 Å². The molecule has 8 heteroatoms. The Bertz CT molecular complexity index is 576. The van der Waals surface area contributed by atoms with E-state index in [0.29, 0.717) is 5.16 Å². The van der Waals surface area contributed by atoms with Crippen LogP contribution in [0.2, 0.25) is 0 Å². The van der Waals surface area contributed by atoms with E-state index in [9.17, 15) is 13.6 Å². The van der Waals surface area contributed by atoms with Gasteiger partial charge in [-0.25, -0.2) is 13.8 Å². The topological polar surface area (TPSA) is 70.7 Å². The maximum Gasteiger partial charge on any atom is 0.237 e. The van der Waals surface area contributed by atoms with Gasteiger partial charge in [-0.2, -0.15) is 5.10 Å². The molecule has 1 unspecified atom stereocenters. The summed E-state index contributed by atoms with van der Waals surface area (Å²) in [6.45, 7) is 1.62. The molecule has 0 fully saturated rings. The Hall–Kier alpha value is -1.96. The van der Waals surface area contributed by atoms with Crippen LogP contribution in [0.3, 0.4) is 0 Å². The van der Waals surface area contributed by atoms with Crippen LogP contribution in [0, 0.1) is 11.6 Å². The summed E-state index contributed by atoms with van der Waals surface area (Å²) in [6.07, 6.45) is 1.32. The summed E-state index contributed by atoms with van der Waals surface area (Å²) in [4.78, 5) is 15.7. The molecule has 2 N–H and O–H groups in total. The van der Waals surface area contributed by atoms with Crippen LogP contribution < -0.4 is 5.32 Å². The van der Waals surface area contributed by atoms with Gasteiger partial charge in [0, 0.05) is 6.07 Å². The highest BCUT2D eigenvalue weighted by Gasteiger charge is 2.17. The first-order chi connectivity index (χ1) is 9.06. The molecular weight excluding hydrogens is 274 g/mol. The number of carbonyl (C=O) groups is 1. The molecule has 100 valence electrons. The Labute approximate surface area is 111 Å². The van der Waals surface area contributed by atoms with Crippen LogP contribution in [0.1, 0.15) is 6.92 Å². The fraction of sp³-hybridized carbons (Fsp3) is 0.182. The largest absolute Gasteiger partial charge is 0.323 e. The number of halogens is 2. The number of hydrogen-bond acceptors (Lipinski definition) is 4. The Balaban J connectivity index is 2.02. The van der Waals surface area contributed by atoms with Crippen LogP contribution in [-0.4, -0.2) is 26.3 Å². The number of aromatic amines is 1. The van der Waals surface area contributed by atoms with Crippen molar-refractivity contribution in [3.8, 4) is 0 Å². The Morgan fingerprint density at radius 2 is 2.26 bits per heavy atom. The first-order valence-corrected chi connectivity index (χ1v) is 6.22. The Morgan fingerprint density at radius 1 is 1.47 bits per heavy atom. The molecule has 1 aromatic carbocycles. The van der Waals surface area contributed by atoms with E-state index in [1.165, 1.54) is 6.33 Å². The number of nitrogens with one attached hydrogen (secondary N) is 2. The molecule has 0 aliphatic heterocycles. The van der Waals surface area contributed by atoms with Crippen LogP contribution in [0.15, 0.2) is 29.7 Å². The lowest BCUT2D eigenvalue weighted by Crippen LogP contribution is -2.23. The molecule has 1 heterocycles. The molecule has 1 aromatic heterocycles. The van der Waals surface area contributed by atoms with Crippen molar-refractivity contribution in [1.29, 1.82) is 0 Å². The van der Waals surface area contributed by atoms with Crippen molar-refractivity contribution in [2.24, 2.45) is 0 Å². The zero-order chi connectivity index (χ0) is 13.8. The molecule has 2 rings (SSSR count). The third-order valence-corrected chi connectivity index (χ3v) is 3.22. The predicted octanol–water partition coefficient (Wildman–Crippen LogP) is 2.20. The molecule has 0 saturated heterocycles. The molecular formula is C11H10F2N4OS. The van der Waals surface area contributed by atoms with Crippen molar-refractivity contribution < 1.29 is 13.6 Å². The van der Waals surface area contributed by atoms with E-state index in [0.717, 1.165) is 30.0 Å². The Kier molecular flexibility index (Phi) is 4.10. The number of anilines is 1. The van der Waals surface area contributed by atoms with Gasteiger partial charge in [0.2, 0.25) is 5.91 Å². The number of rotatable bonds is 4. The van der Waals surface area contributed by atoms with Gasteiger partial charge in [0.1, 0.15) is 18.0 Å². The van der Waals surface area contributed by atoms with E-state index in [2.05, 4.69) is 20.5 Å². The summed E-state index contributed by atoms with van der Waals surface area (Å²) in [5.41, 5.74) is -0.185. The van der Waals surface area contributed by atoms with Crippen molar-refractivity contribution in [2.45, 2.75) is 17.3 Å².